The van der Waals surface area contributed by atoms with Crippen molar-refractivity contribution in [3.05, 3.63) is 75.9 Å². The number of nitrogens with one attached hydrogen (secondary N) is 1. The van der Waals surface area contributed by atoms with E-state index in [1.165, 1.54) is 23.1 Å². The summed E-state index contributed by atoms with van der Waals surface area (Å²) in [6, 6.07) is 10.7. The molecule has 5 rings (SSSR count). The summed E-state index contributed by atoms with van der Waals surface area (Å²) in [6.45, 7) is 1.62. The fraction of sp³-hybridized carbons (Fsp3) is 0.261. The minimum Gasteiger partial charge on any atom is -0.322 e. The van der Waals surface area contributed by atoms with E-state index in [2.05, 4.69) is 5.32 Å². The third kappa shape index (κ3) is 2.94. The Morgan fingerprint density at radius 3 is 2.23 bits per heavy atom. The van der Waals surface area contributed by atoms with Gasteiger partial charge in [0.05, 0.1) is 22.4 Å². The minimum atomic E-state index is -0.499. The predicted molar refractivity (Wildman–Crippen MR) is 112 cm³/mol. The first kappa shape index (κ1) is 19.2. The number of allylic oxidation sites excluding steroid dienone is 2. The first-order valence-corrected chi connectivity index (χ1v) is 10.1. The molecule has 4 atom stereocenters. The van der Waals surface area contributed by atoms with Gasteiger partial charge in [-0.1, -0.05) is 18.2 Å². The highest BCUT2D eigenvalue weighted by Crippen LogP contribution is 2.53. The molecule has 2 aromatic rings. The van der Waals surface area contributed by atoms with Gasteiger partial charge >= 0.3 is 0 Å². The fourth-order valence-corrected chi connectivity index (χ4v) is 5.01. The number of hydrogen-bond acceptors (Lipinski definition) is 5. The predicted octanol–water partition coefficient (Wildman–Crippen LogP) is 3.47. The maximum Gasteiger partial charge on any atom is 0.274 e. The molecule has 2 bridgehead atoms. The van der Waals surface area contributed by atoms with Gasteiger partial charge < -0.3 is 5.32 Å². The molecule has 1 heterocycles. The maximum atomic E-state index is 12.9. The van der Waals surface area contributed by atoms with Crippen LogP contribution in [0.2, 0.25) is 0 Å². The normalized spacial score (nSPS) is 25.8. The van der Waals surface area contributed by atoms with E-state index < -0.39 is 10.8 Å². The van der Waals surface area contributed by atoms with Crippen LogP contribution in [0.25, 0.3) is 0 Å². The number of amides is 3. The number of carbonyl (C=O) groups is 3. The van der Waals surface area contributed by atoms with Gasteiger partial charge in [0.2, 0.25) is 11.8 Å². The lowest BCUT2D eigenvalue weighted by Gasteiger charge is -2.17. The van der Waals surface area contributed by atoms with E-state index >= 15 is 0 Å². The van der Waals surface area contributed by atoms with Crippen LogP contribution in [0.3, 0.4) is 0 Å². The summed E-state index contributed by atoms with van der Waals surface area (Å²) in [5.74, 6) is -1.05. The van der Waals surface area contributed by atoms with E-state index in [9.17, 15) is 24.5 Å². The van der Waals surface area contributed by atoms with Crippen LogP contribution in [-0.4, -0.2) is 22.6 Å². The lowest BCUT2D eigenvalue weighted by atomic mass is 9.85. The van der Waals surface area contributed by atoms with Crippen molar-refractivity contribution in [3.8, 4) is 0 Å². The van der Waals surface area contributed by atoms with Crippen molar-refractivity contribution in [1.29, 1.82) is 0 Å². The van der Waals surface area contributed by atoms with E-state index in [4.69, 9.17) is 0 Å². The smallest absolute Gasteiger partial charge is 0.274 e. The topological polar surface area (TPSA) is 110 Å². The zero-order valence-corrected chi connectivity index (χ0v) is 16.6. The molecule has 8 heteroatoms. The second-order valence-corrected chi connectivity index (χ2v) is 8.27. The molecule has 1 saturated heterocycles. The van der Waals surface area contributed by atoms with Crippen LogP contribution < -0.4 is 10.2 Å². The highest BCUT2D eigenvalue weighted by molar-refractivity contribution is 6.23. The highest BCUT2D eigenvalue weighted by atomic mass is 16.6. The van der Waals surface area contributed by atoms with Crippen LogP contribution in [0.1, 0.15) is 22.3 Å². The summed E-state index contributed by atoms with van der Waals surface area (Å²) in [7, 11) is 0. The van der Waals surface area contributed by atoms with E-state index in [1.807, 2.05) is 12.2 Å². The molecule has 2 fully saturated rings. The number of hydrogen-bond donors (Lipinski definition) is 1. The molecule has 0 radical (unpaired) electrons. The standard InChI is InChI=1S/C23H19N3O5/c1-12-2-7-16(11-18(12)26(30)31)24-21(27)13-5-8-17(9-6-13)25-22(28)19-14-3-4-15(10-14)20(19)23(25)29/h2-9,11,14-15,19-20H,10H2,1H3,(H,24,27)/t14-,15+,19-,20-/m0/s1. The minimum absolute atomic E-state index is 0.0757. The van der Waals surface area contributed by atoms with Crippen LogP contribution in [0.4, 0.5) is 17.1 Å². The lowest BCUT2D eigenvalue weighted by molar-refractivity contribution is -0.385. The number of nitro benzene ring substituents is 1. The molecule has 2 aliphatic carbocycles. The fourth-order valence-electron chi connectivity index (χ4n) is 5.01. The third-order valence-corrected chi connectivity index (χ3v) is 6.52. The Morgan fingerprint density at radius 1 is 1.03 bits per heavy atom. The van der Waals surface area contributed by atoms with Crippen molar-refractivity contribution >= 4 is 34.8 Å². The lowest BCUT2D eigenvalue weighted by Crippen LogP contribution is -2.32. The van der Waals surface area contributed by atoms with E-state index in [0.717, 1.165) is 6.42 Å². The summed E-state index contributed by atoms with van der Waals surface area (Å²) < 4.78 is 0. The van der Waals surface area contributed by atoms with Crippen molar-refractivity contribution in [2.24, 2.45) is 23.7 Å². The van der Waals surface area contributed by atoms with Crippen molar-refractivity contribution in [2.75, 3.05) is 10.2 Å². The van der Waals surface area contributed by atoms with Gasteiger partial charge in [0.15, 0.2) is 0 Å². The number of carbonyl (C=O) groups excluding carboxylic acids is 3. The monoisotopic (exact) mass is 417 g/mol. The first-order chi connectivity index (χ1) is 14.8. The molecule has 1 N–H and O–H groups in total. The van der Waals surface area contributed by atoms with Crippen LogP contribution in [0.5, 0.6) is 0 Å². The van der Waals surface area contributed by atoms with Crippen molar-refractivity contribution in [1.82, 2.24) is 0 Å². The van der Waals surface area contributed by atoms with Gasteiger partial charge in [0.1, 0.15) is 0 Å². The molecule has 3 aliphatic rings. The molecule has 3 amide bonds. The van der Waals surface area contributed by atoms with Gasteiger partial charge in [-0.15, -0.1) is 0 Å². The zero-order chi connectivity index (χ0) is 21.9. The van der Waals surface area contributed by atoms with Gasteiger partial charge in [-0.25, -0.2) is 0 Å². The Bertz CT molecular complexity index is 1140. The van der Waals surface area contributed by atoms with Gasteiger partial charge in [-0.05, 0) is 55.5 Å². The molecule has 0 aromatic heterocycles. The molecule has 8 nitrogen and oxygen atoms in total. The molecule has 2 aromatic carbocycles. The number of fused-ring (bicyclic) bond motifs is 5. The molecule has 0 unspecified atom stereocenters. The van der Waals surface area contributed by atoms with Crippen LogP contribution in [0, 0.1) is 40.7 Å². The molecule has 1 saturated carbocycles. The second-order valence-electron chi connectivity index (χ2n) is 8.27. The molecular weight excluding hydrogens is 398 g/mol. The van der Waals surface area contributed by atoms with E-state index in [1.54, 1.807) is 31.2 Å². The van der Waals surface area contributed by atoms with Crippen molar-refractivity contribution in [3.63, 3.8) is 0 Å². The number of aryl methyl sites for hydroxylation is 1. The summed E-state index contributed by atoms with van der Waals surface area (Å²) >= 11 is 0. The Hall–Kier alpha value is -3.81. The van der Waals surface area contributed by atoms with E-state index in [0.29, 0.717) is 22.5 Å². The number of anilines is 2. The Kier molecular flexibility index (Phi) is 4.25. The van der Waals surface area contributed by atoms with Crippen LogP contribution in [0.15, 0.2) is 54.6 Å². The SMILES string of the molecule is Cc1ccc(NC(=O)c2ccc(N3C(=O)[C@@H]4[C@@H](C3=O)[C@H]3C=C[C@@H]4C3)cc2)cc1[N+](=O)[O-]. The molecule has 0 spiro atoms. The number of rotatable bonds is 4. The summed E-state index contributed by atoms with van der Waals surface area (Å²) in [5, 5.41) is 13.7. The number of nitrogens with zero attached hydrogens (tertiary/aromatic N) is 2. The average Bonchev–Trinajstić information content (AvgIpc) is 3.43. The summed E-state index contributed by atoms with van der Waals surface area (Å²) in [5.41, 5.74) is 1.50. The third-order valence-electron chi connectivity index (χ3n) is 6.52. The van der Waals surface area contributed by atoms with E-state index in [-0.39, 0.29) is 41.2 Å². The van der Waals surface area contributed by atoms with Gasteiger partial charge in [-0.2, -0.15) is 0 Å². The van der Waals surface area contributed by atoms with Crippen LogP contribution in [-0.2, 0) is 9.59 Å². The Balaban J connectivity index is 1.33. The van der Waals surface area contributed by atoms with Crippen molar-refractivity contribution in [2.45, 2.75) is 13.3 Å². The number of imide groups is 1. The van der Waals surface area contributed by atoms with Crippen molar-refractivity contribution < 1.29 is 19.3 Å². The quantitative estimate of drug-likeness (QED) is 0.355. The molecule has 31 heavy (non-hydrogen) atoms. The Labute approximate surface area is 177 Å². The molecule has 1 aliphatic heterocycles. The maximum absolute atomic E-state index is 12.9. The Morgan fingerprint density at radius 2 is 1.65 bits per heavy atom. The second kappa shape index (κ2) is 6.87. The summed E-state index contributed by atoms with van der Waals surface area (Å²) in [4.78, 5) is 50.2. The van der Waals surface area contributed by atoms with Gasteiger partial charge in [0, 0.05) is 22.9 Å². The van der Waals surface area contributed by atoms with Crippen LogP contribution >= 0.6 is 0 Å². The molecular formula is C23H19N3O5. The average molecular weight is 417 g/mol. The van der Waals surface area contributed by atoms with Gasteiger partial charge in [0.25, 0.3) is 11.6 Å². The molecule has 156 valence electrons. The largest absolute Gasteiger partial charge is 0.322 e. The summed E-state index contributed by atoms with van der Waals surface area (Å²) in [6.07, 6.45) is 4.96. The highest BCUT2D eigenvalue weighted by Gasteiger charge is 2.59. The first-order valence-electron chi connectivity index (χ1n) is 10.1. The number of nitro groups is 1. The van der Waals surface area contributed by atoms with Gasteiger partial charge in [-0.3, -0.25) is 29.4 Å². The zero-order valence-electron chi connectivity index (χ0n) is 16.6. The number of benzene rings is 2.